The topological polar surface area (TPSA) is 80.6 Å². The summed E-state index contributed by atoms with van der Waals surface area (Å²) in [6.07, 6.45) is 8.07. The summed E-state index contributed by atoms with van der Waals surface area (Å²) < 4.78 is 2.09. The number of nitrogens with zero attached hydrogens (tertiary/aromatic N) is 3. The quantitative estimate of drug-likeness (QED) is 0.558. The van der Waals surface area contributed by atoms with Crippen molar-refractivity contribution in [1.82, 2.24) is 14.5 Å². The van der Waals surface area contributed by atoms with Gasteiger partial charge in [-0.15, -0.1) is 0 Å². The maximum absolute atomic E-state index is 7.68. The molecule has 5 nitrogen and oxygen atoms in total. The number of benzene rings is 1. The highest BCUT2D eigenvalue weighted by molar-refractivity contribution is 5.96. The van der Waals surface area contributed by atoms with E-state index in [1.807, 2.05) is 42.6 Å². The standard InChI is InChI=1S/C17H17N5/c18-17(19)15-4-2-1-3-14(15)12-22-10-9-21-16(22)11-13-5-7-20-8-6-13/h1-10H,11-12H2,(H3,18,19). The fraction of sp³-hybridized carbons (Fsp3) is 0.118. The van der Waals surface area contributed by atoms with E-state index in [1.165, 1.54) is 5.56 Å². The zero-order valence-corrected chi connectivity index (χ0v) is 12.1. The summed E-state index contributed by atoms with van der Waals surface area (Å²) in [5, 5.41) is 7.68. The summed E-state index contributed by atoms with van der Waals surface area (Å²) >= 11 is 0. The fourth-order valence-corrected chi connectivity index (χ4v) is 2.44. The predicted octanol–water partition coefficient (Wildman–Crippen LogP) is 2.20. The molecule has 0 amide bonds. The molecule has 0 saturated carbocycles. The lowest BCUT2D eigenvalue weighted by molar-refractivity contribution is 0.739. The lowest BCUT2D eigenvalue weighted by Gasteiger charge is -2.11. The molecule has 22 heavy (non-hydrogen) atoms. The molecule has 0 aliphatic carbocycles. The molecular weight excluding hydrogens is 274 g/mol. The number of imidazole rings is 1. The van der Waals surface area contributed by atoms with Gasteiger partial charge in [0.2, 0.25) is 0 Å². The minimum absolute atomic E-state index is 0.0893. The first-order chi connectivity index (χ1) is 10.7. The van der Waals surface area contributed by atoms with Gasteiger partial charge in [-0.2, -0.15) is 0 Å². The second-order valence-electron chi connectivity index (χ2n) is 5.07. The van der Waals surface area contributed by atoms with E-state index in [2.05, 4.69) is 14.5 Å². The van der Waals surface area contributed by atoms with Crippen LogP contribution in [0.25, 0.3) is 0 Å². The molecule has 5 heteroatoms. The highest BCUT2D eigenvalue weighted by Gasteiger charge is 2.09. The molecule has 3 N–H and O–H groups in total. The molecule has 0 bridgehead atoms. The summed E-state index contributed by atoms with van der Waals surface area (Å²) in [5.74, 6) is 1.07. The second-order valence-corrected chi connectivity index (χ2v) is 5.07. The van der Waals surface area contributed by atoms with Crippen LogP contribution >= 0.6 is 0 Å². The number of pyridine rings is 1. The molecule has 3 rings (SSSR count). The zero-order valence-electron chi connectivity index (χ0n) is 12.1. The van der Waals surface area contributed by atoms with Crippen molar-refractivity contribution >= 4 is 5.84 Å². The molecule has 1 aromatic carbocycles. The van der Waals surface area contributed by atoms with Crippen molar-refractivity contribution in [2.45, 2.75) is 13.0 Å². The molecule has 2 aromatic heterocycles. The van der Waals surface area contributed by atoms with E-state index in [1.54, 1.807) is 18.6 Å². The third-order valence-electron chi connectivity index (χ3n) is 3.56. The second kappa shape index (κ2) is 6.22. The van der Waals surface area contributed by atoms with Crippen LogP contribution in [0.5, 0.6) is 0 Å². The number of hydrogen-bond acceptors (Lipinski definition) is 3. The van der Waals surface area contributed by atoms with Crippen LogP contribution in [0.3, 0.4) is 0 Å². The molecule has 3 aromatic rings. The van der Waals surface area contributed by atoms with E-state index < -0.39 is 0 Å². The summed E-state index contributed by atoms with van der Waals surface area (Å²) in [6, 6.07) is 11.7. The van der Waals surface area contributed by atoms with Crippen molar-refractivity contribution in [2.75, 3.05) is 0 Å². The molecule has 0 aliphatic rings. The first-order valence-electron chi connectivity index (χ1n) is 7.05. The van der Waals surface area contributed by atoms with Crippen molar-refractivity contribution in [3.8, 4) is 0 Å². The highest BCUT2D eigenvalue weighted by atomic mass is 15.1. The van der Waals surface area contributed by atoms with Crippen molar-refractivity contribution in [1.29, 1.82) is 5.41 Å². The van der Waals surface area contributed by atoms with Crippen LogP contribution in [0.1, 0.15) is 22.5 Å². The Balaban J connectivity index is 1.86. The average molecular weight is 291 g/mol. The summed E-state index contributed by atoms with van der Waals surface area (Å²) in [5.41, 5.74) is 8.61. The smallest absolute Gasteiger partial charge is 0.123 e. The van der Waals surface area contributed by atoms with Crippen LogP contribution in [0, 0.1) is 5.41 Å². The SMILES string of the molecule is N=C(N)c1ccccc1Cn1ccnc1Cc1ccncc1. The van der Waals surface area contributed by atoms with E-state index in [4.69, 9.17) is 11.1 Å². The Morgan fingerprint density at radius 1 is 1.09 bits per heavy atom. The number of nitrogens with two attached hydrogens (primary N) is 1. The molecule has 0 fully saturated rings. The van der Waals surface area contributed by atoms with Crippen LogP contribution in [0.2, 0.25) is 0 Å². The Hall–Kier alpha value is -2.95. The van der Waals surface area contributed by atoms with Gasteiger partial charge >= 0.3 is 0 Å². The molecule has 110 valence electrons. The maximum Gasteiger partial charge on any atom is 0.123 e. The molecular formula is C17H17N5. The fourth-order valence-electron chi connectivity index (χ4n) is 2.44. The van der Waals surface area contributed by atoms with Crippen molar-refractivity contribution in [2.24, 2.45) is 5.73 Å². The summed E-state index contributed by atoms with van der Waals surface area (Å²) in [7, 11) is 0. The van der Waals surface area contributed by atoms with Gasteiger partial charge < -0.3 is 10.3 Å². The van der Waals surface area contributed by atoms with Gasteiger partial charge in [0.1, 0.15) is 11.7 Å². The highest BCUT2D eigenvalue weighted by Crippen LogP contribution is 2.13. The first-order valence-corrected chi connectivity index (χ1v) is 7.05. The Kier molecular flexibility index (Phi) is 3.96. The van der Waals surface area contributed by atoms with Crippen LogP contribution in [-0.2, 0) is 13.0 Å². The number of rotatable bonds is 5. The van der Waals surface area contributed by atoms with Gasteiger partial charge in [0.25, 0.3) is 0 Å². The lowest BCUT2D eigenvalue weighted by Crippen LogP contribution is -2.15. The Morgan fingerprint density at radius 2 is 1.86 bits per heavy atom. The van der Waals surface area contributed by atoms with Gasteiger partial charge in [0, 0.05) is 43.3 Å². The van der Waals surface area contributed by atoms with Gasteiger partial charge in [-0.05, 0) is 23.3 Å². The maximum atomic E-state index is 7.68. The van der Waals surface area contributed by atoms with Crippen LogP contribution in [-0.4, -0.2) is 20.4 Å². The number of aromatic nitrogens is 3. The minimum Gasteiger partial charge on any atom is -0.384 e. The molecule has 0 saturated heterocycles. The monoisotopic (exact) mass is 291 g/mol. The van der Waals surface area contributed by atoms with E-state index >= 15 is 0 Å². The number of amidine groups is 1. The van der Waals surface area contributed by atoms with E-state index in [0.717, 1.165) is 23.4 Å². The lowest BCUT2D eigenvalue weighted by atomic mass is 10.1. The normalized spacial score (nSPS) is 10.5. The Bertz CT molecular complexity index is 777. The molecule has 0 unspecified atom stereocenters. The van der Waals surface area contributed by atoms with Gasteiger partial charge in [0.15, 0.2) is 0 Å². The van der Waals surface area contributed by atoms with E-state index in [9.17, 15) is 0 Å². The van der Waals surface area contributed by atoms with Crippen molar-refractivity contribution in [3.63, 3.8) is 0 Å². The van der Waals surface area contributed by atoms with Gasteiger partial charge in [-0.25, -0.2) is 4.98 Å². The van der Waals surface area contributed by atoms with Crippen LogP contribution < -0.4 is 5.73 Å². The number of nitrogen functional groups attached to an aromatic ring is 1. The largest absolute Gasteiger partial charge is 0.384 e. The van der Waals surface area contributed by atoms with Crippen molar-refractivity contribution in [3.05, 3.63) is 83.7 Å². The predicted molar refractivity (Wildman–Crippen MR) is 85.8 cm³/mol. The molecule has 0 spiro atoms. The molecule has 0 radical (unpaired) electrons. The average Bonchev–Trinajstić information content (AvgIpc) is 2.96. The van der Waals surface area contributed by atoms with E-state index in [-0.39, 0.29) is 5.84 Å². The minimum atomic E-state index is 0.0893. The number of nitrogens with one attached hydrogen (secondary N) is 1. The van der Waals surface area contributed by atoms with E-state index in [0.29, 0.717) is 6.54 Å². The number of hydrogen-bond donors (Lipinski definition) is 2. The Morgan fingerprint density at radius 3 is 2.64 bits per heavy atom. The summed E-state index contributed by atoms with van der Waals surface area (Å²) in [6.45, 7) is 0.649. The van der Waals surface area contributed by atoms with Crippen LogP contribution in [0.15, 0.2) is 61.2 Å². The first kappa shape index (κ1) is 14.0. The van der Waals surface area contributed by atoms with Crippen LogP contribution in [0.4, 0.5) is 0 Å². The zero-order chi connectivity index (χ0) is 15.4. The molecule has 0 aliphatic heterocycles. The van der Waals surface area contributed by atoms with Gasteiger partial charge in [-0.1, -0.05) is 24.3 Å². The molecule has 2 heterocycles. The summed E-state index contributed by atoms with van der Waals surface area (Å²) in [4.78, 5) is 8.47. The van der Waals surface area contributed by atoms with Crippen molar-refractivity contribution < 1.29 is 0 Å². The molecule has 0 atom stereocenters. The third kappa shape index (κ3) is 3.03. The Labute approximate surface area is 129 Å². The van der Waals surface area contributed by atoms with Gasteiger partial charge in [0.05, 0.1) is 0 Å². The van der Waals surface area contributed by atoms with Gasteiger partial charge in [-0.3, -0.25) is 10.4 Å². The third-order valence-corrected chi connectivity index (χ3v) is 3.56.